The Kier molecular flexibility index (Phi) is 5.49. The lowest BCUT2D eigenvalue weighted by Gasteiger charge is -2.25. The zero-order valence-electron chi connectivity index (χ0n) is 12.2. The second-order valence-electron chi connectivity index (χ2n) is 5.53. The molecule has 0 bridgehead atoms. The zero-order valence-corrected chi connectivity index (χ0v) is 12.2. The number of rotatable bonds is 5. The van der Waals surface area contributed by atoms with Crippen LogP contribution in [0.3, 0.4) is 0 Å². The third kappa shape index (κ3) is 3.76. The standard InChI is InChI=1S/C16H23F2NO/c1-11-9-15(18)13(10-14(11)17)16(19-2)7-6-12-5-3-4-8-20-12/h9-10,12,16,19H,3-8H2,1-2H3. The van der Waals surface area contributed by atoms with Crippen molar-refractivity contribution in [2.45, 2.75) is 51.2 Å². The number of nitrogens with one attached hydrogen (secondary N) is 1. The van der Waals surface area contributed by atoms with E-state index >= 15 is 0 Å². The lowest BCUT2D eigenvalue weighted by Crippen LogP contribution is -2.23. The second-order valence-corrected chi connectivity index (χ2v) is 5.53. The molecule has 112 valence electrons. The third-order valence-electron chi connectivity index (χ3n) is 4.05. The molecular weight excluding hydrogens is 260 g/mol. The molecule has 1 aromatic carbocycles. The van der Waals surface area contributed by atoms with Crippen LogP contribution >= 0.6 is 0 Å². The highest BCUT2D eigenvalue weighted by Crippen LogP contribution is 2.26. The number of benzene rings is 1. The molecule has 2 rings (SSSR count). The summed E-state index contributed by atoms with van der Waals surface area (Å²) in [5.74, 6) is -0.691. The molecule has 20 heavy (non-hydrogen) atoms. The van der Waals surface area contributed by atoms with Gasteiger partial charge in [-0.15, -0.1) is 0 Å². The van der Waals surface area contributed by atoms with Crippen molar-refractivity contribution in [2.75, 3.05) is 13.7 Å². The largest absolute Gasteiger partial charge is 0.378 e. The molecule has 1 fully saturated rings. The van der Waals surface area contributed by atoms with Gasteiger partial charge < -0.3 is 10.1 Å². The van der Waals surface area contributed by atoms with Crippen LogP contribution in [0.15, 0.2) is 12.1 Å². The molecule has 1 aliphatic rings. The van der Waals surface area contributed by atoms with Crippen molar-refractivity contribution < 1.29 is 13.5 Å². The summed E-state index contributed by atoms with van der Waals surface area (Å²) in [6.45, 7) is 2.40. The average molecular weight is 283 g/mol. The van der Waals surface area contributed by atoms with Crippen molar-refractivity contribution in [2.24, 2.45) is 0 Å². The van der Waals surface area contributed by atoms with Gasteiger partial charge in [0.2, 0.25) is 0 Å². The zero-order chi connectivity index (χ0) is 14.5. The molecule has 2 atom stereocenters. The predicted molar refractivity (Wildman–Crippen MR) is 75.7 cm³/mol. The fourth-order valence-electron chi connectivity index (χ4n) is 2.77. The van der Waals surface area contributed by atoms with E-state index in [9.17, 15) is 8.78 Å². The fraction of sp³-hybridized carbons (Fsp3) is 0.625. The van der Waals surface area contributed by atoms with Gasteiger partial charge in [-0.1, -0.05) is 0 Å². The van der Waals surface area contributed by atoms with Gasteiger partial charge in [0.25, 0.3) is 0 Å². The highest BCUT2D eigenvalue weighted by atomic mass is 19.1. The van der Waals surface area contributed by atoms with Crippen LogP contribution in [0.1, 0.15) is 49.3 Å². The number of ether oxygens (including phenoxy) is 1. The molecule has 1 heterocycles. The van der Waals surface area contributed by atoms with Gasteiger partial charge in [-0.2, -0.15) is 0 Å². The van der Waals surface area contributed by atoms with Crippen LogP contribution in [-0.2, 0) is 4.74 Å². The van der Waals surface area contributed by atoms with E-state index in [-0.39, 0.29) is 23.8 Å². The fourth-order valence-corrected chi connectivity index (χ4v) is 2.77. The summed E-state index contributed by atoms with van der Waals surface area (Å²) < 4.78 is 33.3. The van der Waals surface area contributed by atoms with Gasteiger partial charge in [-0.05, 0) is 63.8 Å². The molecule has 1 aromatic rings. The maximum atomic E-state index is 14.0. The minimum Gasteiger partial charge on any atom is -0.378 e. The lowest BCUT2D eigenvalue weighted by atomic mass is 9.96. The maximum absolute atomic E-state index is 14.0. The molecule has 4 heteroatoms. The van der Waals surface area contributed by atoms with Crippen LogP contribution in [0, 0.1) is 18.6 Å². The van der Waals surface area contributed by atoms with Crippen molar-refractivity contribution in [1.82, 2.24) is 5.32 Å². The number of halogens is 2. The summed E-state index contributed by atoms with van der Waals surface area (Å²) in [7, 11) is 1.78. The molecule has 0 saturated carbocycles. The maximum Gasteiger partial charge on any atom is 0.128 e. The van der Waals surface area contributed by atoms with Crippen LogP contribution in [0.4, 0.5) is 8.78 Å². The van der Waals surface area contributed by atoms with E-state index in [0.717, 1.165) is 32.3 Å². The summed E-state index contributed by atoms with van der Waals surface area (Å²) >= 11 is 0. The highest BCUT2D eigenvalue weighted by molar-refractivity contribution is 5.27. The Morgan fingerprint density at radius 1 is 1.30 bits per heavy atom. The van der Waals surface area contributed by atoms with E-state index < -0.39 is 0 Å². The van der Waals surface area contributed by atoms with Crippen LogP contribution in [-0.4, -0.2) is 19.8 Å². The molecule has 0 radical (unpaired) electrons. The normalized spacial score (nSPS) is 20.9. The van der Waals surface area contributed by atoms with E-state index in [1.807, 2.05) is 0 Å². The quantitative estimate of drug-likeness (QED) is 0.885. The molecular formula is C16H23F2NO. The van der Waals surface area contributed by atoms with Gasteiger partial charge in [0.1, 0.15) is 11.6 Å². The minimum atomic E-state index is -0.351. The molecule has 0 spiro atoms. The number of hydrogen-bond acceptors (Lipinski definition) is 2. The Morgan fingerprint density at radius 3 is 2.75 bits per heavy atom. The molecule has 2 nitrogen and oxygen atoms in total. The van der Waals surface area contributed by atoms with Crippen molar-refractivity contribution >= 4 is 0 Å². The topological polar surface area (TPSA) is 21.3 Å². The molecule has 0 amide bonds. The first-order valence-electron chi connectivity index (χ1n) is 7.36. The second kappa shape index (κ2) is 7.14. The number of hydrogen-bond donors (Lipinski definition) is 1. The van der Waals surface area contributed by atoms with Crippen molar-refractivity contribution in [1.29, 1.82) is 0 Å². The Bertz CT molecular complexity index is 444. The molecule has 1 N–H and O–H groups in total. The first-order chi connectivity index (χ1) is 9.61. The van der Waals surface area contributed by atoms with Gasteiger partial charge in [0.05, 0.1) is 6.10 Å². The van der Waals surface area contributed by atoms with E-state index in [1.54, 1.807) is 14.0 Å². The van der Waals surface area contributed by atoms with Crippen LogP contribution in [0.25, 0.3) is 0 Å². The van der Waals surface area contributed by atoms with E-state index in [2.05, 4.69) is 5.32 Å². The van der Waals surface area contributed by atoms with Crippen LogP contribution < -0.4 is 5.32 Å². The third-order valence-corrected chi connectivity index (χ3v) is 4.05. The average Bonchev–Trinajstić information content (AvgIpc) is 2.46. The Balaban J connectivity index is 2.02. The molecule has 0 aliphatic carbocycles. The van der Waals surface area contributed by atoms with Crippen molar-refractivity contribution in [3.8, 4) is 0 Å². The predicted octanol–water partition coefficient (Wildman–Crippen LogP) is 3.88. The van der Waals surface area contributed by atoms with Crippen LogP contribution in [0.5, 0.6) is 0 Å². The summed E-state index contributed by atoms with van der Waals surface area (Å²) in [4.78, 5) is 0. The smallest absolute Gasteiger partial charge is 0.128 e. The molecule has 2 unspecified atom stereocenters. The monoisotopic (exact) mass is 283 g/mol. The molecule has 1 saturated heterocycles. The van der Waals surface area contributed by atoms with Gasteiger partial charge in [0.15, 0.2) is 0 Å². The van der Waals surface area contributed by atoms with Crippen LogP contribution in [0.2, 0.25) is 0 Å². The number of aryl methyl sites for hydroxylation is 1. The van der Waals surface area contributed by atoms with Crippen molar-refractivity contribution in [3.63, 3.8) is 0 Å². The molecule has 0 aromatic heterocycles. The first kappa shape index (κ1) is 15.4. The van der Waals surface area contributed by atoms with Gasteiger partial charge in [0, 0.05) is 18.2 Å². The van der Waals surface area contributed by atoms with Gasteiger partial charge in [-0.3, -0.25) is 0 Å². The first-order valence-corrected chi connectivity index (χ1v) is 7.36. The SMILES string of the molecule is CNC(CCC1CCCCO1)c1cc(F)c(C)cc1F. The van der Waals surface area contributed by atoms with Gasteiger partial charge >= 0.3 is 0 Å². The summed E-state index contributed by atoms with van der Waals surface area (Å²) in [6.07, 6.45) is 5.28. The van der Waals surface area contributed by atoms with Crippen molar-refractivity contribution in [3.05, 3.63) is 34.9 Å². The Morgan fingerprint density at radius 2 is 2.10 bits per heavy atom. The minimum absolute atomic E-state index is 0.171. The molecule has 1 aliphatic heterocycles. The van der Waals surface area contributed by atoms with E-state index in [4.69, 9.17) is 4.74 Å². The van der Waals surface area contributed by atoms with Gasteiger partial charge in [-0.25, -0.2) is 8.78 Å². The lowest BCUT2D eigenvalue weighted by molar-refractivity contribution is 0.00860. The Labute approximate surface area is 119 Å². The summed E-state index contributed by atoms with van der Waals surface area (Å²) in [6, 6.07) is 2.41. The highest BCUT2D eigenvalue weighted by Gasteiger charge is 2.20. The summed E-state index contributed by atoms with van der Waals surface area (Å²) in [5, 5.41) is 3.08. The summed E-state index contributed by atoms with van der Waals surface area (Å²) in [5.41, 5.74) is 0.753. The Hall–Kier alpha value is -1.00. The van der Waals surface area contributed by atoms with E-state index in [1.165, 1.54) is 18.6 Å². The van der Waals surface area contributed by atoms with E-state index in [0.29, 0.717) is 11.1 Å².